The number of carbonyl (C=O) groups excluding carboxylic acids is 1. The van der Waals surface area contributed by atoms with Gasteiger partial charge in [0.15, 0.2) is 0 Å². The van der Waals surface area contributed by atoms with Crippen molar-refractivity contribution in [1.82, 2.24) is 15.1 Å². The van der Waals surface area contributed by atoms with E-state index in [9.17, 15) is 4.79 Å². The van der Waals surface area contributed by atoms with E-state index in [4.69, 9.17) is 9.15 Å². The SMILES string of the molecule is COc1ccc(-c2nnc(C(=O)N3CCCCC3)o2)cc1. The monoisotopic (exact) mass is 287 g/mol. The molecule has 2 aromatic rings. The Morgan fingerprint density at radius 2 is 1.86 bits per heavy atom. The molecule has 3 rings (SSSR count). The van der Waals surface area contributed by atoms with Crippen molar-refractivity contribution in [3.05, 3.63) is 30.2 Å². The maximum atomic E-state index is 12.3. The van der Waals surface area contributed by atoms with Crippen LogP contribution in [-0.4, -0.2) is 41.2 Å². The maximum absolute atomic E-state index is 12.3. The topological polar surface area (TPSA) is 68.5 Å². The van der Waals surface area contributed by atoms with E-state index in [1.165, 1.54) is 6.42 Å². The Hall–Kier alpha value is -2.37. The molecule has 1 saturated heterocycles. The van der Waals surface area contributed by atoms with Crippen LogP contribution in [0.3, 0.4) is 0 Å². The second-order valence-corrected chi connectivity index (χ2v) is 4.99. The molecule has 0 radical (unpaired) electrons. The van der Waals surface area contributed by atoms with Gasteiger partial charge in [0, 0.05) is 18.7 Å². The lowest BCUT2D eigenvalue weighted by Crippen LogP contribution is -2.35. The van der Waals surface area contributed by atoms with Gasteiger partial charge >= 0.3 is 11.8 Å². The second kappa shape index (κ2) is 5.95. The first kappa shape index (κ1) is 13.6. The van der Waals surface area contributed by atoms with Gasteiger partial charge in [0.2, 0.25) is 5.89 Å². The first-order valence-corrected chi connectivity index (χ1v) is 7.05. The Morgan fingerprint density at radius 1 is 1.14 bits per heavy atom. The number of nitrogens with zero attached hydrogens (tertiary/aromatic N) is 3. The van der Waals surface area contributed by atoms with Gasteiger partial charge in [-0.3, -0.25) is 4.79 Å². The fourth-order valence-corrected chi connectivity index (χ4v) is 2.39. The Kier molecular flexibility index (Phi) is 3.85. The Bertz CT molecular complexity index is 615. The molecule has 0 spiro atoms. The van der Waals surface area contributed by atoms with E-state index in [1.54, 1.807) is 12.0 Å². The number of amides is 1. The number of hydrogen-bond acceptors (Lipinski definition) is 5. The Balaban J connectivity index is 1.77. The molecule has 0 N–H and O–H groups in total. The zero-order valence-corrected chi connectivity index (χ0v) is 11.9. The van der Waals surface area contributed by atoms with Gasteiger partial charge in [-0.2, -0.15) is 0 Å². The molecule has 110 valence electrons. The highest BCUT2D eigenvalue weighted by Gasteiger charge is 2.23. The minimum atomic E-state index is -0.179. The predicted molar refractivity (Wildman–Crippen MR) is 76.0 cm³/mol. The molecule has 6 heteroatoms. The average molecular weight is 287 g/mol. The van der Waals surface area contributed by atoms with E-state index in [0.717, 1.165) is 37.2 Å². The summed E-state index contributed by atoms with van der Waals surface area (Å²) < 4.78 is 10.6. The number of piperidine rings is 1. The van der Waals surface area contributed by atoms with Crippen LogP contribution in [0, 0.1) is 0 Å². The minimum absolute atomic E-state index is 0.0581. The summed E-state index contributed by atoms with van der Waals surface area (Å²) in [5.41, 5.74) is 0.765. The Labute approximate surface area is 122 Å². The average Bonchev–Trinajstić information content (AvgIpc) is 3.05. The molecule has 21 heavy (non-hydrogen) atoms. The number of hydrogen-bond donors (Lipinski definition) is 0. The normalized spacial score (nSPS) is 15.0. The number of carbonyl (C=O) groups is 1. The van der Waals surface area contributed by atoms with Crippen LogP contribution >= 0.6 is 0 Å². The lowest BCUT2D eigenvalue weighted by Gasteiger charge is -2.24. The van der Waals surface area contributed by atoms with Crippen LogP contribution in [-0.2, 0) is 0 Å². The third kappa shape index (κ3) is 2.89. The number of methoxy groups -OCH3 is 1. The van der Waals surface area contributed by atoms with Gasteiger partial charge in [-0.25, -0.2) is 0 Å². The van der Waals surface area contributed by atoms with Crippen molar-refractivity contribution < 1.29 is 13.9 Å². The zero-order valence-electron chi connectivity index (χ0n) is 11.9. The fraction of sp³-hybridized carbons (Fsp3) is 0.400. The molecular formula is C15H17N3O3. The van der Waals surface area contributed by atoms with Gasteiger partial charge in [0.1, 0.15) is 5.75 Å². The van der Waals surface area contributed by atoms with E-state index in [-0.39, 0.29) is 11.8 Å². The predicted octanol–water partition coefficient (Wildman–Crippen LogP) is 2.37. The molecule has 1 aliphatic heterocycles. The largest absolute Gasteiger partial charge is 0.497 e. The lowest BCUT2D eigenvalue weighted by atomic mass is 10.1. The summed E-state index contributed by atoms with van der Waals surface area (Å²) in [5, 5.41) is 7.82. The van der Waals surface area contributed by atoms with Crippen LogP contribution < -0.4 is 4.74 Å². The smallest absolute Gasteiger partial charge is 0.311 e. The molecule has 0 bridgehead atoms. The van der Waals surface area contributed by atoms with Crippen LogP contribution in [0.1, 0.15) is 29.9 Å². The fourth-order valence-electron chi connectivity index (χ4n) is 2.39. The summed E-state index contributed by atoms with van der Waals surface area (Å²) in [6.07, 6.45) is 3.24. The molecule has 0 aliphatic carbocycles. The van der Waals surface area contributed by atoms with E-state index >= 15 is 0 Å². The quantitative estimate of drug-likeness (QED) is 0.867. The van der Waals surface area contributed by atoms with Gasteiger partial charge in [0.25, 0.3) is 0 Å². The third-order valence-corrected chi connectivity index (χ3v) is 3.59. The van der Waals surface area contributed by atoms with E-state index in [2.05, 4.69) is 10.2 Å². The summed E-state index contributed by atoms with van der Waals surface area (Å²) in [4.78, 5) is 14.0. The summed E-state index contributed by atoms with van der Waals surface area (Å²) in [6, 6.07) is 7.26. The standard InChI is InChI=1S/C15H17N3O3/c1-20-12-7-5-11(6-8-12)13-16-17-14(21-13)15(19)18-9-3-2-4-10-18/h5-8H,2-4,9-10H2,1H3. The van der Waals surface area contributed by atoms with E-state index in [0.29, 0.717) is 5.89 Å². The number of ether oxygens (including phenoxy) is 1. The molecule has 1 aliphatic rings. The van der Waals surface area contributed by atoms with Crippen LogP contribution in [0.4, 0.5) is 0 Å². The highest BCUT2D eigenvalue weighted by atomic mass is 16.5. The highest BCUT2D eigenvalue weighted by Crippen LogP contribution is 2.22. The minimum Gasteiger partial charge on any atom is -0.497 e. The van der Waals surface area contributed by atoms with Crippen LogP contribution in [0.15, 0.2) is 28.7 Å². The van der Waals surface area contributed by atoms with E-state index in [1.807, 2.05) is 24.3 Å². The van der Waals surface area contributed by atoms with Gasteiger partial charge in [0.05, 0.1) is 7.11 Å². The summed E-state index contributed by atoms with van der Waals surface area (Å²) in [6.45, 7) is 1.53. The molecule has 1 fully saturated rings. The molecular weight excluding hydrogens is 270 g/mol. The first-order valence-electron chi connectivity index (χ1n) is 7.05. The molecule has 6 nitrogen and oxygen atoms in total. The lowest BCUT2D eigenvalue weighted by molar-refractivity contribution is 0.0684. The molecule has 2 heterocycles. The van der Waals surface area contributed by atoms with Gasteiger partial charge in [-0.05, 0) is 43.5 Å². The number of rotatable bonds is 3. The van der Waals surface area contributed by atoms with Gasteiger partial charge in [-0.1, -0.05) is 0 Å². The van der Waals surface area contributed by atoms with Gasteiger partial charge < -0.3 is 14.1 Å². The molecule has 0 atom stereocenters. The molecule has 0 saturated carbocycles. The molecule has 1 aromatic carbocycles. The highest BCUT2D eigenvalue weighted by molar-refractivity contribution is 5.89. The number of likely N-dealkylation sites (tertiary alicyclic amines) is 1. The number of benzene rings is 1. The van der Waals surface area contributed by atoms with Crippen LogP contribution in [0.25, 0.3) is 11.5 Å². The molecule has 0 unspecified atom stereocenters. The molecule has 1 amide bonds. The summed E-state index contributed by atoms with van der Waals surface area (Å²) in [5.74, 6) is 0.977. The third-order valence-electron chi connectivity index (χ3n) is 3.59. The second-order valence-electron chi connectivity index (χ2n) is 4.99. The number of aromatic nitrogens is 2. The van der Waals surface area contributed by atoms with Crippen molar-refractivity contribution in [3.8, 4) is 17.2 Å². The van der Waals surface area contributed by atoms with Crippen molar-refractivity contribution in [2.75, 3.05) is 20.2 Å². The van der Waals surface area contributed by atoms with E-state index < -0.39 is 0 Å². The summed E-state index contributed by atoms with van der Waals surface area (Å²) in [7, 11) is 1.61. The van der Waals surface area contributed by atoms with Crippen molar-refractivity contribution in [2.24, 2.45) is 0 Å². The maximum Gasteiger partial charge on any atom is 0.311 e. The molecule has 1 aromatic heterocycles. The van der Waals surface area contributed by atoms with Crippen LogP contribution in [0.5, 0.6) is 5.75 Å². The van der Waals surface area contributed by atoms with Crippen molar-refractivity contribution in [2.45, 2.75) is 19.3 Å². The summed E-state index contributed by atoms with van der Waals surface area (Å²) >= 11 is 0. The van der Waals surface area contributed by atoms with Crippen molar-refractivity contribution in [3.63, 3.8) is 0 Å². The zero-order chi connectivity index (χ0) is 14.7. The first-order chi connectivity index (χ1) is 10.3. The van der Waals surface area contributed by atoms with Gasteiger partial charge in [-0.15, -0.1) is 10.2 Å². The van der Waals surface area contributed by atoms with Crippen LogP contribution in [0.2, 0.25) is 0 Å². The van der Waals surface area contributed by atoms with Crippen molar-refractivity contribution in [1.29, 1.82) is 0 Å². The van der Waals surface area contributed by atoms with Crippen molar-refractivity contribution >= 4 is 5.91 Å². The Morgan fingerprint density at radius 3 is 2.52 bits per heavy atom.